The Morgan fingerprint density at radius 3 is 2.46 bits per heavy atom. The lowest BCUT2D eigenvalue weighted by Gasteiger charge is -2.31. The van der Waals surface area contributed by atoms with Gasteiger partial charge in [0, 0.05) is 47.7 Å². The lowest BCUT2D eigenvalue weighted by Crippen LogP contribution is -2.34. The molecule has 3 aliphatic rings. The molecule has 1 saturated carbocycles. The number of aromatic nitrogens is 2. The zero-order valence-electron chi connectivity index (χ0n) is 22.7. The van der Waals surface area contributed by atoms with Crippen molar-refractivity contribution in [3.63, 3.8) is 0 Å². The fraction of sp³-hybridized carbons (Fsp3) is 0.485. The molecule has 2 aromatic carbocycles. The van der Waals surface area contributed by atoms with Crippen molar-refractivity contribution in [2.24, 2.45) is 0 Å². The summed E-state index contributed by atoms with van der Waals surface area (Å²) in [5, 5.41) is 21.8. The van der Waals surface area contributed by atoms with Crippen LogP contribution in [0.5, 0.6) is 0 Å². The van der Waals surface area contributed by atoms with Crippen LogP contribution in [0.3, 0.4) is 0 Å². The first-order valence-electron chi connectivity index (χ1n) is 15.0. The van der Waals surface area contributed by atoms with Crippen molar-refractivity contribution in [2.45, 2.75) is 76.3 Å². The number of aromatic carboxylic acids is 1. The molecule has 0 bridgehead atoms. The molecular weight excluding hydrogens is 486 g/mol. The summed E-state index contributed by atoms with van der Waals surface area (Å²) in [7, 11) is 0. The number of piperidine rings is 1. The van der Waals surface area contributed by atoms with Crippen LogP contribution in [-0.2, 0) is 13.1 Å². The Balaban J connectivity index is 1.43. The number of aryl methyl sites for hydroxylation is 2. The molecule has 2 aromatic heterocycles. The SMILES string of the molecule is O=C(O)c1ccc2c(C3CCCCC3)c3n(c2c1)CCCn1cc(C2CCN(CCO)CC2)c2cccc-3c21. The highest BCUT2D eigenvalue weighted by Crippen LogP contribution is 2.47. The van der Waals surface area contributed by atoms with Crippen LogP contribution in [0.15, 0.2) is 42.6 Å². The fourth-order valence-electron chi connectivity index (χ4n) is 7.93. The molecule has 1 aliphatic carbocycles. The van der Waals surface area contributed by atoms with E-state index in [1.165, 1.54) is 70.8 Å². The van der Waals surface area contributed by atoms with E-state index in [-0.39, 0.29) is 6.61 Å². The molecule has 6 heteroatoms. The van der Waals surface area contributed by atoms with E-state index >= 15 is 0 Å². The van der Waals surface area contributed by atoms with Crippen LogP contribution in [0.1, 0.15) is 84.7 Å². The maximum Gasteiger partial charge on any atom is 0.335 e. The quantitative estimate of drug-likeness (QED) is 0.309. The van der Waals surface area contributed by atoms with Crippen molar-refractivity contribution in [1.82, 2.24) is 14.0 Å². The van der Waals surface area contributed by atoms with Gasteiger partial charge in [-0.1, -0.05) is 43.5 Å². The minimum Gasteiger partial charge on any atom is -0.478 e. The molecule has 0 spiro atoms. The minimum atomic E-state index is -0.858. The van der Waals surface area contributed by atoms with Crippen molar-refractivity contribution < 1.29 is 15.0 Å². The van der Waals surface area contributed by atoms with Gasteiger partial charge in [-0.05, 0) is 80.3 Å². The highest BCUT2D eigenvalue weighted by atomic mass is 16.4. The molecule has 0 unspecified atom stereocenters. The number of hydrogen-bond donors (Lipinski definition) is 2. The second-order valence-electron chi connectivity index (χ2n) is 12.0. The van der Waals surface area contributed by atoms with Crippen molar-refractivity contribution >= 4 is 27.8 Å². The summed E-state index contributed by atoms with van der Waals surface area (Å²) >= 11 is 0. The average molecular weight is 526 g/mol. The van der Waals surface area contributed by atoms with Gasteiger partial charge in [-0.2, -0.15) is 0 Å². The molecule has 2 fully saturated rings. The third kappa shape index (κ3) is 4.20. The van der Waals surface area contributed by atoms with Gasteiger partial charge in [-0.15, -0.1) is 0 Å². The van der Waals surface area contributed by atoms with E-state index in [2.05, 4.69) is 44.5 Å². The molecule has 39 heavy (non-hydrogen) atoms. The van der Waals surface area contributed by atoms with Gasteiger partial charge in [-0.3, -0.25) is 0 Å². The second-order valence-corrected chi connectivity index (χ2v) is 12.0. The highest BCUT2D eigenvalue weighted by molar-refractivity contribution is 6.03. The van der Waals surface area contributed by atoms with E-state index < -0.39 is 5.97 Å². The maximum atomic E-state index is 11.9. The first-order valence-corrected chi connectivity index (χ1v) is 15.0. The van der Waals surface area contributed by atoms with Crippen LogP contribution in [0.4, 0.5) is 0 Å². The molecule has 6 nitrogen and oxygen atoms in total. The number of para-hydroxylation sites is 1. The number of nitrogens with zero attached hydrogens (tertiary/aromatic N) is 3. The standard InChI is InChI=1S/C33H39N3O3/c37-19-18-34-16-12-22(13-17-34)28-21-35-14-5-15-36-29-20-24(33(38)39)10-11-26(29)30(23-6-2-1-3-7-23)32(36)27-9-4-8-25(28)31(27)35/h4,8-11,20-23,37H,1-3,5-7,12-19H2,(H,38,39). The first kappa shape index (κ1) is 24.9. The number of carboxylic acid groups (broad SMARTS) is 1. The Bertz CT molecular complexity index is 1530. The van der Waals surface area contributed by atoms with E-state index in [0.29, 0.717) is 17.4 Å². The van der Waals surface area contributed by atoms with E-state index in [4.69, 9.17) is 0 Å². The number of benzene rings is 2. The summed E-state index contributed by atoms with van der Waals surface area (Å²) in [5.41, 5.74) is 8.37. The van der Waals surface area contributed by atoms with Crippen LogP contribution in [-0.4, -0.2) is 56.5 Å². The van der Waals surface area contributed by atoms with Gasteiger partial charge in [0.15, 0.2) is 0 Å². The van der Waals surface area contributed by atoms with Crippen LogP contribution >= 0.6 is 0 Å². The Kier molecular flexibility index (Phi) is 6.48. The molecule has 0 amide bonds. The molecule has 4 heterocycles. The Labute approximate surface area is 229 Å². The predicted molar refractivity (Wildman–Crippen MR) is 156 cm³/mol. The Morgan fingerprint density at radius 2 is 1.69 bits per heavy atom. The van der Waals surface area contributed by atoms with E-state index in [9.17, 15) is 15.0 Å². The summed E-state index contributed by atoms with van der Waals surface area (Å²) in [5.74, 6) is 0.200. The van der Waals surface area contributed by atoms with E-state index in [1.54, 1.807) is 6.07 Å². The number of carbonyl (C=O) groups is 1. The third-order valence-corrected chi connectivity index (χ3v) is 9.77. The number of hydrogen-bond acceptors (Lipinski definition) is 3. The van der Waals surface area contributed by atoms with Crippen molar-refractivity contribution in [2.75, 3.05) is 26.2 Å². The summed E-state index contributed by atoms with van der Waals surface area (Å²) in [6, 6.07) is 12.7. The summed E-state index contributed by atoms with van der Waals surface area (Å²) in [6.07, 6.45) is 12.0. The molecular formula is C33H39N3O3. The smallest absolute Gasteiger partial charge is 0.335 e. The Hall–Kier alpha value is -3.09. The fourth-order valence-corrected chi connectivity index (χ4v) is 7.93. The zero-order valence-corrected chi connectivity index (χ0v) is 22.7. The van der Waals surface area contributed by atoms with Gasteiger partial charge in [0.25, 0.3) is 0 Å². The predicted octanol–water partition coefficient (Wildman–Crippen LogP) is 6.58. The molecule has 2 aliphatic heterocycles. The number of carboxylic acids is 1. The van der Waals surface area contributed by atoms with Crippen LogP contribution in [0.25, 0.3) is 33.1 Å². The number of aliphatic hydroxyl groups excluding tert-OH is 1. The van der Waals surface area contributed by atoms with E-state index in [1.807, 2.05) is 6.07 Å². The van der Waals surface area contributed by atoms with Gasteiger partial charge >= 0.3 is 5.97 Å². The van der Waals surface area contributed by atoms with Gasteiger partial charge in [0.05, 0.1) is 23.4 Å². The lowest BCUT2D eigenvalue weighted by molar-refractivity contribution is 0.0697. The molecule has 204 valence electrons. The van der Waals surface area contributed by atoms with Gasteiger partial charge in [0.1, 0.15) is 0 Å². The minimum absolute atomic E-state index is 0.235. The lowest BCUT2D eigenvalue weighted by atomic mass is 9.81. The molecule has 0 atom stereocenters. The Morgan fingerprint density at radius 1 is 0.872 bits per heavy atom. The number of likely N-dealkylation sites (tertiary alicyclic amines) is 1. The highest BCUT2D eigenvalue weighted by Gasteiger charge is 2.31. The van der Waals surface area contributed by atoms with Gasteiger partial charge in [0.2, 0.25) is 0 Å². The van der Waals surface area contributed by atoms with Crippen molar-refractivity contribution in [3.05, 3.63) is 59.3 Å². The van der Waals surface area contributed by atoms with Crippen LogP contribution < -0.4 is 0 Å². The molecule has 7 rings (SSSR count). The van der Waals surface area contributed by atoms with Crippen LogP contribution in [0, 0.1) is 0 Å². The molecule has 1 saturated heterocycles. The number of β-amino-alcohol motifs (C(OH)–C–C–N with tert-alkyl or cyclic N) is 1. The first-order chi connectivity index (χ1) is 19.1. The van der Waals surface area contributed by atoms with Crippen molar-refractivity contribution in [3.8, 4) is 11.3 Å². The average Bonchev–Trinajstić information content (AvgIpc) is 3.48. The zero-order chi connectivity index (χ0) is 26.5. The van der Waals surface area contributed by atoms with E-state index in [0.717, 1.165) is 57.5 Å². The normalized spacial score (nSPS) is 19.3. The molecule has 2 N–H and O–H groups in total. The molecule has 4 aromatic rings. The van der Waals surface area contributed by atoms with Gasteiger partial charge < -0.3 is 24.2 Å². The third-order valence-electron chi connectivity index (χ3n) is 9.77. The maximum absolute atomic E-state index is 11.9. The topological polar surface area (TPSA) is 70.6 Å². The summed E-state index contributed by atoms with van der Waals surface area (Å²) in [4.78, 5) is 14.3. The number of rotatable bonds is 5. The summed E-state index contributed by atoms with van der Waals surface area (Å²) in [6.45, 7) is 4.96. The number of aliphatic hydroxyl groups is 1. The van der Waals surface area contributed by atoms with Crippen LogP contribution in [0.2, 0.25) is 0 Å². The van der Waals surface area contributed by atoms with Crippen molar-refractivity contribution in [1.29, 1.82) is 0 Å². The largest absolute Gasteiger partial charge is 0.478 e. The number of fused-ring (bicyclic) bond motifs is 4. The second kappa shape index (κ2) is 10.1. The molecule has 0 radical (unpaired) electrons. The van der Waals surface area contributed by atoms with Gasteiger partial charge in [-0.25, -0.2) is 4.79 Å². The summed E-state index contributed by atoms with van der Waals surface area (Å²) < 4.78 is 4.98. The monoisotopic (exact) mass is 525 g/mol.